The second-order valence-electron chi connectivity index (χ2n) is 5.63. The molecular weight excluding hydrogens is 292 g/mol. The van der Waals surface area contributed by atoms with Crippen LogP contribution in [0.25, 0.3) is 0 Å². The van der Waals surface area contributed by atoms with E-state index in [1.807, 2.05) is 23.9 Å². The van der Waals surface area contributed by atoms with E-state index in [0.29, 0.717) is 17.7 Å². The Balaban J connectivity index is 2.01. The molecule has 1 aromatic heterocycles. The number of aryl methyl sites for hydroxylation is 1. The van der Waals surface area contributed by atoms with E-state index in [0.717, 1.165) is 16.8 Å². The summed E-state index contributed by atoms with van der Waals surface area (Å²) in [6.45, 7) is 4.53. The molecule has 0 saturated heterocycles. The number of aromatic nitrogens is 1. The Morgan fingerprint density at radius 2 is 2.17 bits per heavy atom. The van der Waals surface area contributed by atoms with Crippen LogP contribution in [0.4, 0.5) is 0 Å². The number of halogens is 1. The second kappa shape index (κ2) is 5.47. The molecule has 1 aliphatic carbocycles. The fourth-order valence-corrected chi connectivity index (χ4v) is 3.40. The predicted molar refractivity (Wildman–Crippen MR) is 76.5 cm³/mol. The van der Waals surface area contributed by atoms with E-state index in [9.17, 15) is 4.79 Å². The lowest BCUT2D eigenvalue weighted by Crippen LogP contribution is -2.42. The first kappa shape index (κ1) is 13.7. The molecule has 1 aliphatic rings. The standard InChI is InChI=1S/C14H21BrN2O/c1-9-4-5-12(10(2)6-9)16-14(18)13-7-11(15)8-17(13)3/h7-10,12H,4-6H2,1-3H3,(H,16,18). The third kappa shape index (κ3) is 2.97. The molecule has 1 heterocycles. The van der Waals surface area contributed by atoms with Crippen molar-refractivity contribution in [2.75, 3.05) is 0 Å². The van der Waals surface area contributed by atoms with E-state index in [2.05, 4.69) is 35.1 Å². The van der Waals surface area contributed by atoms with Crippen molar-refractivity contribution in [2.45, 2.75) is 39.2 Å². The van der Waals surface area contributed by atoms with Crippen LogP contribution in [0.2, 0.25) is 0 Å². The highest BCUT2D eigenvalue weighted by Crippen LogP contribution is 2.28. The lowest BCUT2D eigenvalue weighted by Gasteiger charge is -2.33. The average Bonchev–Trinajstić information content (AvgIpc) is 2.62. The Kier molecular flexibility index (Phi) is 4.15. The Morgan fingerprint density at radius 1 is 1.44 bits per heavy atom. The molecule has 1 fully saturated rings. The highest BCUT2D eigenvalue weighted by atomic mass is 79.9. The van der Waals surface area contributed by atoms with E-state index in [-0.39, 0.29) is 5.91 Å². The summed E-state index contributed by atoms with van der Waals surface area (Å²) < 4.78 is 2.80. The molecule has 1 saturated carbocycles. The molecule has 1 amide bonds. The summed E-state index contributed by atoms with van der Waals surface area (Å²) in [5, 5.41) is 3.18. The van der Waals surface area contributed by atoms with Crippen molar-refractivity contribution >= 4 is 21.8 Å². The lowest BCUT2D eigenvalue weighted by molar-refractivity contribution is 0.0891. The van der Waals surface area contributed by atoms with Gasteiger partial charge in [-0.05, 0) is 53.1 Å². The van der Waals surface area contributed by atoms with E-state index in [4.69, 9.17) is 0 Å². The van der Waals surface area contributed by atoms with Crippen molar-refractivity contribution in [1.82, 2.24) is 9.88 Å². The van der Waals surface area contributed by atoms with Crippen LogP contribution < -0.4 is 5.32 Å². The topological polar surface area (TPSA) is 34.0 Å². The summed E-state index contributed by atoms with van der Waals surface area (Å²) in [6, 6.07) is 2.19. The molecule has 4 heteroatoms. The molecule has 0 aromatic carbocycles. The zero-order valence-corrected chi connectivity index (χ0v) is 12.8. The van der Waals surface area contributed by atoms with E-state index < -0.39 is 0 Å². The minimum absolute atomic E-state index is 0.0367. The Morgan fingerprint density at radius 3 is 2.72 bits per heavy atom. The van der Waals surface area contributed by atoms with Gasteiger partial charge < -0.3 is 9.88 Å². The lowest BCUT2D eigenvalue weighted by atomic mass is 9.80. The van der Waals surface area contributed by atoms with Crippen LogP contribution in [0.1, 0.15) is 43.6 Å². The number of nitrogens with one attached hydrogen (secondary N) is 1. The van der Waals surface area contributed by atoms with E-state index >= 15 is 0 Å². The molecule has 0 aliphatic heterocycles. The summed E-state index contributed by atoms with van der Waals surface area (Å²) in [7, 11) is 1.89. The molecule has 1 aromatic rings. The van der Waals surface area contributed by atoms with Gasteiger partial charge in [0, 0.05) is 23.8 Å². The number of hydrogen-bond acceptors (Lipinski definition) is 1. The highest BCUT2D eigenvalue weighted by Gasteiger charge is 2.27. The van der Waals surface area contributed by atoms with Gasteiger partial charge in [-0.3, -0.25) is 4.79 Å². The SMILES string of the molecule is CC1CCC(NC(=O)c2cc(Br)cn2C)C(C)C1. The quantitative estimate of drug-likeness (QED) is 0.893. The zero-order valence-electron chi connectivity index (χ0n) is 11.2. The van der Waals surface area contributed by atoms with E-state index in [1.54, 1.807) is 0 Å². The summed E-state index contributed by atoms with van der Waals surface area (Å²) in [6.07, 6.45) is 5.43. The molecule has 0 spiro atoms. The smallest absolute Gasteiger partial charge is 0.268 e. The highest BCUT2D eigenvalue weighted by molar-refractivity contribution is 9.10. The average molecular weight is 313 g/mol. The van der Waals surface area contributed by atoms with Crippen molar-refractivity contribution in [1.29, 1.82) is 0 Å². The summed E-state index contributed by atoms with van der Waals surface area (Å²) in [4.78, 5) is 12.2. The van der Waals surface area contributed by atoms with Gasteiger partial charge in [-0.2, -0.15) is 0 Å². The molecular formula is C14H21BrN2O. The number of nitrogens with zero attached hydrogens (tertiary/aromatic N) is 1. The Labute approximate surface area is 117 Å². The van der Waals surface area contributed by atoms with Gasteiger partial charge in [0.15, 0.2) is 0 Å². The maximum Gasteiger partial charge on any atom is 0.268 e. The molecule has 3 unspecified atom stereocenters. The van der Waals surface area contributed by atoms with Gasteiger partial charge in [0.1, 0.15) is 5.69 Å². The maximum absolute atomic E-state index is 12.2. The Bertz CT molecular complexity index is 441. The molecule has 0 bridgehead atoms. The van der Waals surface area contributed by atoms with Gasteiger partial charge in [-0.25, -0.2) is 0 Å². The third-order valence-electron chi connectivity index (χ3n) is 3.95. The van der Waals surface area contributed by atoms with Gasteiger partial charge in [-0.1, -0.05) is 13.8 Å². The fourth-order valence-electron chi connectivity index (χ4n) is 2.87. The number of rotatable bonds is 2. The van der Waals surface area contributed by atoms with Crippen molar-refractivity contribution in [3.63, 3.8) is 0 Å². The Hall–Kier alpha value is -0.770. The number of hydrogen-bond donors (Lipinski definition) is 1. The van der Waals surface area contributed by atoms with Crippen LogP contribution in [0.15, 0.2) is 16.7 Å². The van der Waals surface area contributed by atoms with Crippen molar-refractivity contribution < 1.29 is 4.79 Å². The first-order chi connectivity index (χ1) is 8.47. The maximum atomic E-state index is 12.2. The van der Waals surface area contributed by atoms with Gasteiger partial charge in [-0.15, -0.1) is 0 Å². The van der Waals surface area contributed by atoms with Crippen molar-refractivity contribution in [2.24, 2.45) is 18.9 Å². The predicted octanol–water partition coefficient (Wildman–Crippen LogP) is 3.34. The summed E-state index contributed by atoms with van der Waals surface area (Å²) >= 11 is 3.40. The normalized spacial score (nSPS) is 28.1. The van der Waals surface area contributed by atoms with Gasteiger partial charge in [0.2, 0.25) is 0 Å². The van der Waals surface area contributed by atoms with Crippen LogP contribution in [0, 0.1) is 11.8 Å². The molecule has 0 radical (unpaired) electrons. The largest absolute Gasteiger partial charge is 0.348 e. The molecule has 18 heavy (non-hydrogen) atoms. The van der Waals surface area contributed by atoms with E-state index in [1.165, 1.54) is 12.8 Å². The van der Waals surface area contributed by atoms with Crippen LogP contribution in [-0.2, 0) is 7.05 Å². The van der Waals surface area contributed by atoms with Gasteiger partial charge >= 0.3 is 0 Å². The second-order valence-corrected chi connectivity index (χ2v) is 6.55. The van der Waals surface area contributed by atoms with Crippen molar-refractivity contribution in [3.8, 4) is 0 Å². The van der Waals surface area contributed by atoms with Gasteiger partial charge in [0.25, 0.3) is 5.91 Å². The minimum Gasteiger partial charge on any atom is -0.348 e. The molecule has 3 atom stereocenters. The van der Waals surface area contributed by atoms with Gasteiger partial charge in [0.05, 0.1) is 0 Å². The molecule has 100 valence electrons. The summed E-state index contributed by atoms with van der Waals surface area (Å²) in [5.41, 5.74) is 0.715. The molecule has 3 nitrogen and oxygen atoms in total. The molecule has 2 rings (SSSR count). The first-order valence-electron chi connectivity index (χ1n) is 6.60. The number of carbonyl (C=O) groups excluding carboxylic acids is 1. The number of carbonyl (C=O) groups is 1. The third-order valence-corrected chi connectivity index (χ3v) is 4.39. The zero-order chi connectivity index (χ0) is 13.3. The number of amides is 1. The van der Waals surface area contributed by atoms with Crippen LogP contribution >= 0.6 is 15.9 Å². The minimum atomic E-state index is 0.0367. The first-order valence-corrected chi connectivity index (χ1v) is 7.39. The van der Waals surface area contributed by atoms with Crippen molar-refractivity contribution in [3.05, 3.63) is 22.4 Å². The fraction of sp³-hybridized carbons (Fsp3) is 0.643. The molecule has 1 N–H and O–H groups in total. The summed E-state index contributed by atoms with van der Waals surface area (Å²) in [5.74, 6) is 1.40. The monoisotopic (exact) mass is 312 g/mol. The van der Waals surface area contributed by atoms with Crippen LogP contribution in [-0.4, -0.2) is 16.5 Å². The van der Waals surface area contributed by atoms with Crippen LogP contribution in [0.3, 0.4) is 0 Å². The van der Waals surface area contributed by atoms with Crippen LogP contribution in [0.5, 0.6) is 0 Å².